The van der Waals surface area contributed by atoms with E-state index in [1.165, 1.54) is 27.8 Å². The number of ether oxygens (including phenoxy) is 1. The maximum absolute atomic E-state index is 6.75. The molecule has 5 nitrogen and oxygen atoms in total. The van der Waals surface area contributed by atoms with Gasteiger partial charge in [0.2, 0.25) is 0 Å². The maximum Gasteiger partial charge on any atom is 0.136 e. The Labute approximate surface area is 427 Å². The summed E-state index contributed by atoms with van der Waals surface area (Å²) in [5, 5.41) is 2.21. The zero-order chi connectivity index (χ0) is 47.6. The zero-order valence-electron chi connectivity index (χ0n) is 40.9. The van der Waals surface area contributed by atoms with Crippen LogP contribution < -0.4 is 14.5 Å². The molecule has 0 unspecified atom stereocenters. The molecule has 0 saturated carbocycles. The van der Waals surface area contributed by atoms with E-state index < -0.39 is 0 Å². The quantitative estimate of drug-likeness (QED) is 0.142. The molecule has 11 rings (SSSR count). The Hall–Kier alpha value is -7.20. The molecule has 70 heavy (non-hydrogen) atoms. The number of benzene rings is 8. The Morgan fingerprint density at radius 3 is 1.81 bits per heavy atom. The van der Waals surface area contributed by atoms with E-state index in [-0.39, 0.29) is 31.9 Å². The third-order valence-corrected chi connectivity index (χ3v) is 13.5. The third kappa shape index (κ3) is 8.51. The Bertz CT molecular complexity index is 3480. The third-order valence-electron chi connectivity index (χ3n) is 13.5. The van der Waals surface area contributed by atoms with Crippen molar-refractivity contribution < 1.29 is 25.8 Å². The first-order chi connectivity index (χ1) is 33.3. The summed E-state index contributed by atoms with van der Waals surface area (Å²) in [6.45, 7) is 20.3. The molecule has 0 saturated heterocycles. The molecule has 6 heteroatoms. The van der Waals surface area contributed by atoms with Crippen molar-refractivity contribution in [1.82, 2.24) is 9.55 Å². The van der Waals surface area contributed by atoms with E-state index in [9.17, 15) is 0 Å². The van der Waals surface area contributed by atoms with Crippen LogP contribution in [-0.4, -0.2) is 9.55 Å². The summed E-state index contributed by atoms with van der Waals surface area (Å²) in [5.41, 5.74) is 18.1. The van der Waals surface area contributed by atoms with Crippen LogP contribution in [-0.2, 0) is 31.9 Å². The Morgan fingerprint density at radius 2 is 1.14 bits per heavy atom. The van der Waals surface area contributed by atoms with Crippen molar-refractivity contribution in [2.45, 2.75) is 66.2 Å². The second-order valence-corrected chi connectivity index (χ2v) is 20.3. The predicted molar refractivity (Wildman–Crippen MR) is 287 cm³/mol. The smallest absolute Gasteiger partial charge is 0.136 e. The van der Waals surface area contributed by atoms with Crippen molar-refractivity contribution in [2.75, 3.05) is 9.80 Å². The number of nitrogens with zero attached hydrogens (tertiary/aromatic N) is 4. The van der Waals surface area contributed by atoms with Crippen molar-refractivity contribution >= 4 is 44.6 Å². The molecule has 3 heterocycles. The van der Waals surface area contributed by atoms with E-state index in [0.29, 0.717) is 11.5 Å². The first kappa shape index (κ1) is 46.5. The number of hydrogen-bond donors (Lipinski definition) is 0. The van der Waals surface area contributed by atoms with Crippen molar-refractivity contribution in [1.29, 1.82) is 0 Å². The largest absolute Gasteiger partial charge is 0.509 e. The van der Waals surface area contributed by atoms with E-state index in [1.54, 1.807) is 0 Å². The Morgan fingerprint density at radius 1 is 0.514 bits per heavy atom. The normalized spacial score (nSPS) is 12.6. The molecule has 0 amide bonds. The first-order valence-corrected chi connectivity index (χ1v) is 23.9. The molecule has 2 aromatic heterocycles. The predicted octanol–water partition coefficient (Wildman–Crippen LogP) is 17.2. The van der Waals surface area contributed by atoms with Gasteiger partial charge in [0.15, 0.2) is 0 Å². The van der Waals surface area contributed by atoms with Gasteiger partial charge in [0.05, 0.1) is 0 Å². The fourth-order valence-corrected chi connectivity index (χ4v) is 9.98. The summed E-state index contributed by atoms with van der Waals surface area (Å²) >= 11 is 0. The Kier molecular flexibility index (Phi) is 12.1. The van der Waals surface area contributed by atoms with Gasteiger partial charge in [-0.25, -0.2) is 4.98 Å². The number of anilines is 4. The van der Waals surface area contributed by atoms with E-state index in [2.05, 4.69) is 246 Å². The molecule has 0 atom stereocenters. The molecule has 10 aromatic rings. The number of rotatable bonds is 8. The van der Waals surface area contributed by atoms with Crippen LogP contribution >= 0.6 is 0 Å². The first-order valence-electron chi connectivity index (χ1n) is 23.9. The molecule has 1 aliphatic rings. The van der Waals surface area contributed by atoms with Crippen LogP contribution in [0.2, 0.25) is 0 Å². The van der Waals surface area contributed by atoms with Gasteiger partial charge in [0, 0.05) is 72.5 Å². The Balaban J connectivity index is 0.00000567. The number of fused-ring (bicyclic) bond motifs is 4. The molecular formula is C64H55N4OPt-3. The average molecular weight is 1090 g/mol. The number of para-hydroxylation sites is 2. The van der Waals surface area contributed by atoms with E-state index in [1.807, 2.05) is 24.4 Å². The van der Waals surface area contributed by atoms with Crippen molar-refractivity contribution in [3.63, 3.8) is 0 Å². The van der Waals surface area contributed by atoms with Crippen molar-refractivity contribution in [2.24, 2.45) is 0 Å². The number of aromatic nitrogens is 2. The van der Waals surface area contributed by atoms with Gasteiger partial charge in [-0.05, 0) is 105 Å². The van der Waals surface area contributed by atoms with Gasteiger partial charge in [-0.1, -0.05) is 162 Å². The summed E-state index contributed by atoms with van der Waals surface area (Å²) in [6, 6.07) is 69.9. The average Bonchev–Trinajstić information content (AvgIpc) is 3.89. The van der Waals surface area contributed by atoms with Gasteiger partial charge in [-0.3, -0.25) is 0 Å². The van der Waals surface area contributed by atoms with E-state index in [4.69, 9.17) is 9.72 Å². The number of hydrogen-bond acceptors (Lipinski definition) is 4. The summed E-state index contributed by atoms with van der Waals surface area (Å²) < 4.78 is 8.97. The molecule has 0 spiro atoms. The van der Waals surface area contributed by atoms with Crippen LogP contribution in [0.5, 0.6) is 11.5 Å². The molecule has 8 aromatic carbocycles. The topological polar surface area (TPSA) is 33.5 Å². The SMILES string of the molecule is Cc1cc(C(C)(C)C)cc(C)c1-c1ccnc(-n2c3[c-]c(Oc4[c-]c(N5[CH-]N(c6c(-c7ccccc7)cccc6-c6ccccc6)c6cc(C(C)(C)C)ccc65)ccc4)ccc3c3ccccc32)c1.[Pt]. The van der Waals surface area contributed by atoms with Crippen molar-refractivity contribution in [3.05, 3.63) is 223 Å². The van der Waals surface area contributed by atoms with Gasteiger partial charge in [-0.15, -0.1) is 48.1 Å². The summed E-state index contributed by atoms with van der Waals surface area (Å²) in [4.78, 5) is 9.58. The van der Waals surface area contributed by atoms with Crippen LogP contribution in [0.1, 0.15) is 63.8 Å². The summed E-state index contributed by atoms with van der Waals surface area (Å²) in [7, 11) is 0. The minimum absolute atomic E-state index is 0. The molecule has 0 radical (unpaired) electrons. The van der Waals surface area contributed by atoms with E-state index in [0.717, 1.165) is 78.2 Å². The fraction of sp³-hybridized carbons (Fsp3) is 0.156. The molecule has 0 fully saturated rings. The monoisotopic (exact) mass is 1090 g/mol. The van der Waals surface area contributed by atoms with Gasteiger partial charge in [0.1, 0.15) is 5.82 Å². The molecule has 0 N–H and O–H groups in total. The summed E-state index contributed by atoms with van der Waals surface area (Å²) in [5.74, 6) is 2.00. The molecule has 0 bridgehead atoms. The van der Waals surface area contributed by atoms with Crippen LogP contribution in [0, 0.1) is 32.6 Å². The zero-order valence-corrected chi connectivity index (χ0v) is 43.2. The summed E-state index contributed by atoms with van der Waals surface area (Å²) in [6.07, 6.45) is 1.92. The van der Waals surface area contributed by atoms with Gasteiger partial charge < -0.3 is 19.1 Å². The standard InChI is InChI=1S/C64H55N4O.Pt/c1-42-35-48(64(6,7)8)36-43(2)61(42)46-33-34-65-60(37-46)68-56-28-16-15-25-54(56)55-31-30-51(40-58(55)68)69-50-24-17-23-49(39-50)66-41-67(59-38-47(63(3,4)5)29-32-57(59)66)62-52(44-19-11-9-12-20-44)26-18-27-53(62)45-21-13-10-14-22-45;/h9-38,41H,1-8H3;/q-3;. The number of pyridine rings is 1. The van der Waals surface area contributed by atoms with Crippen LogP contribution in [0.4, 0.5) is 22.7 Å². The second-order valence-electron chi connectivity index (χ2n) is 20.3. The van der Waals surface area contributed by atoms with Crippen LogP contribution in [0.25, 0.3) is 61.0 Å². The fourth-order valence-electron chi connectivity index (χ4n) is 9.98. The molecule has 1 aliphatic heterocycles. The van der Waals surface area contributed by atoms with Gasteiger partial charge in [0.25, 0.3) is 0 Å². The van der Waals surface area contributed by atoms with Crippen LogP contribution in [0.3, 0.4) is 0 Å². The van der Waals surface area contributed by atoms with Gasteiger partial charge >= 0.3 is 0 Å². The second kappa shape index (κ2) is 18.3. The molecule has 0 aliphatic carbocycles. The minimum Gasteiger partial charge on any atom is -0.509 e. The van der Waals surface area contributed by atoms with Gasteiger partial charge in [-0.2, -0.15) is 12.1 Å². The molecular weight excluding hydrogens is 1040 g/mol. The van der Waals surface area contributed by atoms with E-state index >= 15 is 0 Å². The van der Waals surface area contributed by atoms with Crippen molar-refractivity contribution in [3.8, 4) is 50.7 Å². The number of aryl methyl sites for hydroxylation is 2. The minimum atomic E-state index is -0.0617. The molecule has 350 valence electrons. The maximum atomic E-state index is 6.75. The van der Waals surface area contributed by atoms with Crippen LogP contribution in [0.15, 0.2) is 182 Å².